The van der Waals surface area contributed by atoms with E-state index in [1.165, 1.54) is 18.2 Å². The maximum atomic E-state index is 12.1. The van der Waals surface area contributed by atoms with Gasteiger partial charge in [-0.3, -0.25) is 4.79 Å². The molecule has 1 aliphatic rings. The molecule has 2 aromatic rings. The number of hydrogen-bond donors (Lipinski definition) is 1. The van der Waals surface area contributed by atoms with Crippen LogP contribution in [0.5, 0.6) is 11.5 Å². The zero-order chi connectivity index (χ0) is 14.1. The second-order valence-corrected chi connectivity index (χ2v) is 4.35. The fourth-order valence-electron chi connectivity index (χ4n) is 1.98. The van der Waals surface area contributed by atoms with Crippen LogP contribution in [0.3, 0.4) is 0 Å². The molecule has 0 spiro atoms. The van der Waals surface area contributed by atoms with Crippen molar-refractivity contribution in [3.63, 3.8) is 0 Å². The van der Waals surface area contributed by atoms with Gasteiger partial charge >= 0.3 is 0 Å². The first-order valence-corrected chi connectivity index (χ1v) is 5.95. The largest absolute Gasteiger partial charge is 0.508 e. The highest BCUT2D eigenvalue weighted by molar-refractivity contribution is 6.14. The Bertz CT molecular complexity index is 767. The number of aromatic hydroxyl groups is 1. The van der Waals surface area contributed by atoms with Crippen LogP contribution in [0.25, 0.3) is 6.08 Å². The Labute approximate surface area is 115 Å². The normalized spacial score (nSPS) is 14.8. The predicted molar refractivity (Wildman–Crippen MR) is 72.2 cm³/mol. The number of nitriles is 1. The van der Waals surface area contributed by atoms with Crippen molar-refractivity contribution in [1.82, 2.24) is 0 Å². The van der Waals surface area contributed by atoms with Crippen LogP contribution in [0.4, 0.5) is 0 Å². The molecule has 4 nitrogen and oxygen atoms in total. The van der Waals surface area contributed by atoms with Crippen LogP contribution in [-0.4, -0.2) is 10.9 Å². The van der Waals surface area contributed by atoms with Crippen LogP contribution < -0.4 is 4.74 Å². The zero-order valence-electron chi connectivity index (χ0n) is 10.3. The minimum atomic E-state index is -0.218. The van der Waals surface area contributed by atoms with Gasteiger partial charge in [0, 0.05) is 6.07 Å². The van der Waals surface area contributed by atoms with Crippen molar-refractivity contribution in [1.29, 1.82) is 5.26 Å². The quantitative estimate of drug-likeness (QED) is 0.803. The highest BCUT2D eigenvalue weighted by Gasteiger charge is 2.27. The molecule has 0 saturated heterocycles. The highest BCUT2D eigenvalue weighted by atomic mass is 16.5. The average molecular weight is 263 g/mol. The Hall–Kier alpha value is -3.06. The number of rotatable bonds is 1. The summed E-state index contributed by atoms with van der Waals surface area (Å²) in [6.07, 6.45) is 1.61. The lowest BCUT2D eigenvalue weighted by Crippen LogP contribution is -1.97. The zero-order valence-corrected chi connectivity index (χ0v) is 10.3. The van der Waals surface area contributed by atoms with Crippen LogP contribution in [0.1, 0.15) is 21.5 Å². The molecule has 0 amide bonds. The molecule has 20 heavy (non-hydrogen) atoms. The molecule has 0 atom stereocenters. The van der Waals surface area contributed by atoms with Gasteiger partial charge in [0.25, 0.3) is 0 Å². The van der Waals surface area contributed by atoms with Gasteiger partial charge in [0.1, 0.15) is 11.5 Å². The van der Waals surface area contributed by atoms with Gasteiger partial charge in [-0.25, -0.2) is 0 Å². The van der Waals surface area contributed by atoms with Crippen molar-refractivity contribution in [3.05, 3.63) is 64.9 Å². The molecular weight excluding hydrogens is 254 g/mol. The molecule has 96 valence electrons. The van der Waals surface area contributed by atoms with Gasteiger partial charge in [-0.15, -0.1) is 0 Å². The maximum Gasteiger partial charge on any atom is 0.231 e. The number of nitrogens with zero attached hydrogens (tertiary/aromatic N) is 1. The maximum absolute atomic E-state index is 12.1. The first-order valence-electron chi connectivity index (χ1n) is 5.95. The molecule has 4 heteroatoms. The smallest absolute Gasteiger partial charge is 0.231 e. The van der Waals surface area contributed by atoms with E-state index in [1.54, 1.807) is 30.3 Å². The van der Waals surface area contributed by atoms with E-state index in [1.807, 2.05) is 6.07 Å². The Morgan fingerprint density at radius 2 is 1.90 bits per heavy atom. The van der Waals surface area contributed by atoms with Gasteiger partial charge < -0.3 is 9.84 Å². The molecule has 0 unspecified atom stereocenters. The lowest BCUT2D eigenvalue weighted by Gasteiger charge is -1.99. The van der Waals surface area contributed by atoms with Gasteiger partial charge in [-0.2, -0.15) is 5.26 Å². The average Bonchev–Trinajstić information content (AvgIpc) is 2.75. The number of phenols is 1. The van der Waals surface area contributed by atoms with Crippen LogP contribution in [0, 0.1) is 11.3 Å². The topological polar surface area (TPSA) is 70.3 Å². The van der Waals surface area contributed by atoms with E-state index < -0.39 is 0 Å². The van der Waals surface area contributed by atoms with E-state index >= 15 is 0 Å². The number of allylic oxidation sites excluding steroid dienone is 1. The van der Waals surface area contributed by atoms with E-state index in [-0.39, 0.29) is 17.3 Å². The molecule has 1 aliphatic heterocycles. The first-order chi connectivity index (χ1) is 9.67. The van der Waals surface area contributed by atoms with E-state index in [2.05, 4.69) is 0 Å². The molecule has 0 aromatic heterocycles. The Balaban J connectivity index is 1.95. The molecule has 1 N–H and O–H groups in total. The number of benzene rings is 2. The number of ketones is 1. The lowest BCUT2D eigenvalue weighted by atomic mass is 10.1. The Kier molecular flexibility index (Phi) is 2.73. The third-order valence-corrected chi connectivity index (χ3v) is 2.99. The van der Waals surface area contributed by atoms with Crippen LogP contribution >= 0.6 is 0 Å². The molecule has 3 rings (SSSR count). The Morgan fingerprint density at radius 3 is 2.60 bits per heavy atom. The van der Waals surface area contributed by atoms with Crippen molar-refractivity contribution >= 4 is 11.9 Å². The number of carbonyl (C=O) groups excluding carboxylic acids is 1. The molecule has 0 radical (unpaired) electrons. The summed E-state index contributed by atoms with van der Waals surface area (Å²) in [5.41, 5.74) is 1.76. The summed E-state index contributed by atoms with van der Waals surface area (Å²) in [5.74, 6) is 0.394. The number of fused-ring (bicyclic) bond motifs is 1. The second kappa shape index (κ2) is 4.56. The molecular formula is C16H9NO3. The Morgan fingerprint density at radius 1 is 1.15 bits per heavy atom. The highest BCUT2D eigenvalue weighted by Crippen LogP contribution is 2.34. The van der Waals surface area contributed by atoms with Crippen molar-refractivity contribution in [2.75, 3.05) is 0 Å². The lowest BCUT2D eigenvalue weighted by molar-refractivity contribution is 0.101. The minimum absolute atomic E-state index is 0.0520. The van der Waals surface area contributed by atoms with Crippen LogP contribution in [-0.2, 0) is 0 Å². The van der Waals surface area contributed by atoms with E-state index in [4.69, 9.17) is 10.00 Å². The number of ether oxygens (including phenoxy) is 1. The van der Waals surface area contributed by atoms with Crippen LogP contribution in [0.2, 0.25) is 0 Å². The third kappa shape index (κ3) is 2.02. The fraction of sp³-hybridized carbons (Fsp3) is 0. The summed E-state index contributed by atoms with van der Waals surface area (Å²) in [5, 5.41) is 18.1. The predicted octanol–water partition coefficient (Wildman–Crippen LogP) is 2.88. The number of hydrogen-bond acceptors (Lipinski definition) is 4. The van der Waals surface area contributed by atoms with Gasteiger partial charge in [-0.05, 0) is 35.9 Å². The number of carbonyl (C=O) groups is 1. The summed E-state index contributed by atoms with van der Waals surface area (Å²) < 4.78 is 5.45. The summed E-state index contributed by atoms with van der Waals surface area (Å²) in [4.78, 5) is 12.1. The van der Waals surface area contributed by atoms with E-state index in [0.29, 0.717) is 16.9 Å². The SMILES string of the molecule is N#Cc1ccc(C=C2Oc3cc(O)ccc3C2=O)cc1. The summed E-state index contributed by atoms with van der Waals surface area (Å²) in [6, 6.07) is 13.2. The monoisotopic (exact) mass is 263 g/mol. The first kappa shape index (κ1) is 12.0. The molecule has 0 aliphatic carbocycles. The molecule has 2 aromatic carbocycles. The van der Waals surface area contributed by atoms with Gasteiger partial charge in [0.05, 0.1) is 17.2 Å². The van der Waals surface area contributed by atoms with Gasteiger partial charge in [0.15, 0.2) is 5.76 Å². The van der Waals surface area contributed by atoms with E-state index in [9.17, 15) is 9.90 Å². The second-order valence-electron chi connectivity index (χ2n) is 4.35. The van der Waals surface area contributed by atoms with Gasteiger partial charge in [-0.1, -0.05) is 12.1 Å². The number of phenolic OH excluding ortho intramolecular Hbond substituents is 1. The summed E-state index contributed by atoms with van der Waals surface area (Å²) in [6.45, 7) is 0. The van der Waals surface area contributed by atoms with Crippen molar-refractivity contribution in [2.45, 2.75) is 0 Å². The van der Waals surface area contributed by atoms with Crippen molar-refractivity contribution in [3.8, 4) is 17.6 Å². The molecule has 1 heterocycles. The summed E-state index contributed by atoms with van der Waals surface area (Å²) in [7, 11) is 0. The standard InChI is InChI=1S/C16H9NO3/c17-9-11-3-1-10(2-4-11)7-15-16(19)13-6-5-12(18)8-14(13)20-15/h1-8,18H. The van der Waals surface area contributed by atoms with Crippen LogP contribution in [0.15, 0.2) is 48.2 Å². The van der Waals surface area contributed by atoms with E-state index in [0.717, 1.165) is 5.56 Å². The molecule has 0 saturated carbocycles. The molecule has 0 bridgehead atoms. The minimum Gasteiger partial charge on any atom is -0.508 e. The van der Waals surface area contributed by atoms with Crippen molar-refractivity contribution < 1.29 is 14.6 Å². The number of Topliss-reactive ketones (excluding diaryl/α,β-unsaturated/α-hetero) is 1. The van der Waals surface area contributed by atoms with Gasteiger partial charge in [0.2, 0.25) is 5.78 Å². The van der Waals surface area contributed by atoms with Crippen molar-refractivity contribution in [2.24, 2.45) is 0 Å². The summed E-state index contributed by atoms with van der Waals surface area (Å²) >= 11 is 0. The fourth-order valence-corrected chi connectivity index (χ4v) is 1.98. The molecule has 0 fully saturated rings. The third-order valence-electron chi connectivity index (χ3n) is 2.99.